The van der Waals surface area contributed by atoms with Gasteiger partial charge in [0.15, 0.2) is 0 Å². The average molecular weight is 282 g/mol. The molecule has 0 saturated heterocycles. The van der Waals surface area contributed by atoms with E-state index in [1.54, 1.807) is 0 Å². The Morgan fingerprint density at radius 1 is 1.43 bits per heavy atom. The van der Waals surface area contributed by atoms with Gasteiger partial charge in [0.05, 0.1) is 9.40 Å². The fourth-order valence-electron chi connectivity index (χ4n) is 0.793. The Kier molecular flexibility index (Phi) is 2.88. The van der Waals surface area contributed by atoms with Crippen LogP contribution in [0.3, 0.4) is 0 Å². The molecule has 0 fully saturated rings. The minimum atomic E-state index is -4.40. The molecular weight excluding hydrogens is 278 g/mol. The Labute approximate surface area is 87.6 Å². The summed E-state index contributed by atoms with van der Waals surface area (Å²) in [4.78, 5) is 9.14. The third-order valence-corrected chi connectivity index (χ3v) is 2.93. The lowest BCUT2D eigenvalue weighted by atomic mass is 10.3. The molecule has 1 aromatic carbocycles. The topological polar surface area (TPSA) is 97.5 Å². The Bertz CT molecular complexity index is 483. The number of nitro groups is 1. The molecule has 1 N–H and O–H groups in total. The molecule has 0 spiro atoms. The highest BCUT2D eigenvalue weighted by atomic mass is 79.9. The summed E-state index contributed by atoms with van der Waals surface area (Å²) in [6.07, 6.45) is 0. The van der Waals surface area contributed by atoms with Crippen molar-refractivity contribution in [3.05, 3.63) is 32.8 Å². The Morgan fingerprint density at radius 2 is 2.00 bits per heavy atom. The first-order valence-electron chi connectivity index (χ1n) is 3.24. The maximum atomic E-state index is 10.6. The van der Waals surface area contributed by atoms with Crippen LogP contribution >= 0.6 is 15.9 Å². The summed E-state index contributed by atoms with van der Waals surface area (Å²) >= 11 is 2.88. The molecule has 0 unspecified atom stereocenters. The zero-order valence-corrected chi connectivity index (χ0v) is 8.95. The largest absolute Gasteiger partial charge is 0.294 e. The maximum absolute atomic E-state index is 10.6. The van der Waals surface area contributed by atoms with Crippen molar-refractivity contribution in [1.82, 2.24) is 0 Å². The van der Waals surface area contributed by atoms with Gasteiger partial charge < -0.3 is 0 Å². The predicted octanol–water partition coefficient (Wildman–Crippen LogP) is 1.60. The zero-order valence-electron chi connectivity index (χ0n) is 6.55. The second-order valence-electron chi connectivity index (χ2n) is 2.35. The quantitative estimate of drug-likeness (QED) is 0.504. The van der Waals surface area contributed by atoms with E-state index in [0.717, 1.165) is 12.1 Å². The van der Waals surface area contributed by atoms with Gasteiger partial charge in [-0.15, -0.1) is 0 Å². The molecule has 1 rings (SSSR count). The third kappa shape index (κ3) is 2.28. The van der Waals surface area contributed by atoms with E-state index in [1.807, 2.05) is 0 Å². The van der Waals surface area contributed by atoms with Crippen molar-refractivity contribution in [2.45, 2.75) is 4.90 Å². The number of hydrogen-bond donors (Lipinski definition) is 1. The minimum absolute atomic E-state index is 0.148. The van der Waals surface area contributed by atoms with Crippen LogP contribution in [0.1, 0.15) is 0 Å². The molecule has 0 saturated carbocycles. The summed E-state index contributed by atoms with van der Waals surface area (Å²) in [6.45, 7) is 0. The lowest BCUT2D eigenvalue weighted by molar-refractivity contribution is -0.385. The first-order chi connectivity index (χ1) is 6.32. The van der Waals surface area contributed by atoms with Crippen LogP contribution in [0.5, 0.6) is 0 Å². The normalized spacial score (nSPS) is 11.3. The van der Waals surface area contributed by atoms with Crippen molar-refractivity contribution < 1.29 is 17.9 Å². The standard InChI is InChI=1S/C6H4BrNO5S/c7-5-2-1-4(14(11,12)13)3-6(5)8(9)10/h1-3H,(H,11,12,13). The molecule has 0 atom stereocenters. The van der Waals surface area contributed by atoms with Gasteiger partial charge in [0.1, 0.15) is 4.90 Å². The van der Waals surface area contributed by atoms with Crippen molar-refractivity contribution in [3.63, 3.8) is 0 Å². The van der Waals surface area contributed by atoms with Gasteiger partial charge in [0.2, 0.25) is 0 Å². The van der Waals surface area contributed by atoms with Gasteiger partial charge in [0.25, 0.3) is 15.8 Å². The Balaban J connectivity index is 3.42. The van der Waals surface area contributed by atoms with Gasteiger partial charge in [-0.3, -0.25) is 14.7 Å². The van der Waals surface area contributed by atoms with Crippen molar-refractivity contribution in [2.75, 3.05) is 0 Å². The van der Waals surface area contributed by atoms with Crippen LogP contribution in [-0.2, 0) is 10.1 Å². The third-order valence-electron chi connectivity index (χ3n) is 1.41. The molecule has 1 aromatic rings. The van der Waals surface area contributed by atoms with Crippen LogP contribution in [0.2, 0.25) is 0 Å². The highest BCUT2D eigenvalue weighted by Crippen LogP contribution is 2.27. The highest BCUT2D eigenvalue weighted by Gasteiger charge is 2.17. The molecule has 0 bridgehead atoms. The van der Waals surface area contributed by atoms with Crippen molar-refractivity contribution >= 4 is 31.7 Å². The molecular formula is C6H4BrNO5S. The van der Waals surface area contributed by atoms with E-state index >= 15 is 0 Å². The average Bonchev–Trinajstić information content (AvgIpc) is 2.02. The number of halogens is 1. The molecule has 8 heteroatoms. The summed E-state index contributed by atoms with van der Waals surface area (Å²) in [5.41, 5.74) is -0.417. The van der Waals surface area contributed by atoms with E-state index in [0.29, 0.717) is 0 Å². The molecule has 6 nitrogen and oxygen atoms in total. The smallest absolute Gasteiger partial charge is 0.282 e. The van der Waals surface area contributed by atoms with E-state index in [1.165, 1.54) is 6.07 Å². The van der Waals surface area contributed by atoms with E-state index in [-0.39, 0.29) is 4.47 Å². The maximum Gasteiger partial charge on any atom is 0.294 e. The molecule has 0 aliphatic rings. The van der Waals surface area contributed by atoms with Crippen LogP contribution < -0.4 is 0 Å². The number of nitro benzene ring substituents is 1. The number of nitrogens with zero attached hydrogens (tertiary/aromatic N) is 1. The van der Waals surface area contributed by atoms with E-state index in [2.05, 4.69) is 15.9 Å². The van der Waals surface area contributed by atoms with Crippen LogP contribution in [-0.4, -0.2) is 17.9 Å². The van der Waals surface area contributed by atoms with Gasteiger partial charge in [-0.05, 0) is 28.1 Å². The van der Waals surface area contributed by atoms with Crippen molar-refractivity contribution in [3.8, 4) is 0 Å². The number of rotatable bonds is 2. The van der Waals surface area contributed by atoms with Gasteiger partial charge in [-0.2, -0.15) is 8.42 Å². The molecule has 0 aliphatic heterocycles. The molecule has 0 radical (unpaired) electrons. The highest BCUT2D eigenvalue weighted by molar-refractivity contribution is 9.10. The Morgan fingerprint density at radius 3 is 2.43 bits per heavy atom. The SMILES string of the molecule is O=[N+]([O-])c1cc(S(=O)(=O)O)ccc1Br. The zero-order chi connectivity index (χ0) is 10.9. The summed E-state index contributed by atoms with van der Waals surface area (Å²) in [6, 6.07) is 3.02. The Hall–Kier alpha value is -0.990. The summed E-state index contributed by atoms with van der Waals surface area (Å²) < 4.78 is 30.0. The van der Waals surface area contributed by atoms with Crippen LogP contribution in [0, 0.1) is 10.1 Å². The minimum Gasteiger partial charge on any atom is -0.282 e. The first-order valence-corrected chi connectivity index (χ1v) is 5.47. The lowest BCUT2D eigenvalue weighted by Crippen LogP contribution is -1.99. The van der Waals surface area contributed by atoms with Crippen LogP contribution in [0.4, 0.5) is 5.69 Å². The fourth-order valence-corrected chi connectivity index (χ4v) is 1.68. The van der Waals surface area contributed by atoms with Crippen molar-refractivity contribution in [1.29, 1.82) is 0 Å². The molecule has 0 aromatic heterocycles. The monoisotopic (exact) mass is 281 g/mol. The second kappa shape index (κ2) is 3.64. The first kappa shape index (κ1) is 11.1. The molecule has 0 amide bonds. The van der Waals surface area contributed by atoms with Crippen molar-refractivity contribution in [2.24, 2.45) is 0 Å². The molecule has 0 aliphatic carbocycles. The second-order valence-corrected chi connectivity index (χ2v) is 4.62. The number of hydrogen-bond acceptors (Lipinski definition) is 4. The lowest BCUT2D eigenvalue weighted by Gasteiger charge is -1.98. The molecule has 14 heavy (non-hydrogen) atoms. The summed E-state index contributed by atoms with van der Waals surface area (Å²) in [5.74, 6) is 0. The molecule has 0 heterocycles. The van der Waals surface area contributed by atoms with Gasteiger partial charge >= 0.3 is 0 Å². The van der Waals surface area contributed by atoms with Gasteiger partial charge in [-0.25, -0.2) is 0 Å². The predicted molar refractivity (Wildman–Crippen MR) is 50.6 cm³/mol. The summed E-state index contributed by atoms with van der Waals surface area (Å²) in [7, 11) is -4.40. The van der Waals surface area contributed by atoms with Gasteiger partial charge in [-0.1, -0.05) is 0 Å². The van der Waals surface area contributed by atoms with Crippen LogP contribution in [0.15, 0.2) is 27.6 Å². The fraction of sp³-hybridized carbons (Fsp3) is 0. The van der Waals surface area contributed by atoms with E-state index in [4.69, 9.17) is 4.55 Å². The molecule has 76 valence electrons. The summed E-state index contributed by atoms with van der Waals surface area (Å²) in [5, 5.41) is 10.4. The van der Waals surface area contributed by atoms with E-state index < -0.39 is 25.6 Å². The van der Waals surface area contributed by atoms with Crippen LogP contribution in [0.25, 0.3) is 0 Å². The van der Waals surface area contributed by atoms with Gasteiger partial charge in [0, 0.05) is 6.07 Å². The van der Waals surface area contributed by atoms with E-state index in [9.17, 15) is 18.5 Å². The number of benzene rings is 1.